The van der Waals surface area contributed by atoms with Gasteiger partial charge < -0.3 is 10.1 Å². The third kappa shape index (κ3) is 4.88. The summed E-state index contributed by atoms with van der Waals surface area (Å²) in [5.74, 6) is -0.750. The van der Waals surface area contributed by atoms with E-state index in [1.165, 1.54) is 23.7 Å². The molecular weight excluding hydrogens is 433 g/mol. The van der Waals surface area contributed by atoms with E-state index in [9.17, 15) is 14.0 Å². The first-order valence-electron chi connectivity index (χ1n) is 10.9. The minimum absolute atomic E-state index is 0.0852. The van der Waals surface area contributed by atoms with Crippen LogP contribution in [0.4, 0.5) is 10.1 Å². The maximum absolute atomic E-state index is 13.6. The quantitative estimate of drug-likeness (QED) is 0.364. The Bertz CT molecular complexity index is 1340. The van der Waals surface area contributed by atoms with Gasteiger partial charge in [0.25, 0.3) is 0 Å². The molecule has 0 saturated heterocycles. The van der Waals surface area contributed by atoms with Crippen LogP contribution in [0.1, 0.15) is 25.8 Å². The molecule has 1 N–H and O–H groups in total. The molecule has 3 aromatic carbocycles. The molecule has 4 rings (SSSR count). The van der Waals surface area contributed by atoms with Gasteiger partial charge in [0.15, 0.2) is 0 Å². The molecule has 1 heterocycles. The number of hydrogen-bond donors (Lipinski definition) is 1. The van der Waals surface area contributed by atoms with E-state index < -0.39 is 5.97 Å². The van der Waals surface area contributed by atoms with Crippen LogP contribution in [0.5, 0.6) is 5.88 Å². The third-order valence-electron chi connectivity index (χ3n) is 5.22. The van der Waals surface area contributed by atoms with E-state index in [0.717, 1.165) is 16.7 Å². The Morgan fingerprint density at radius 2 is 1.71 bits per heavy atom. The molecule has 4 aromatic rings. The Hall–Kier alpha value is -4.26. The molecule has 0 aliphatic rings. The molecule has 0 spiro atoms. The van der Waals surface area contributed by atoms with Crippen molar-refractivity contribution in [3.63, 3.8) is 0 Å². The number of nitrogens with zero attached hydrogens (tertiary/aromatic N) is 2. The largest absolute Gasteiger partial charge is 0.407 e. The second kappa shape index (κ2) is 9.70. The van der Waals surface area contributed by atoms with E-state index in [1.807, 2.05) is 43.3 Å². The third-order valence-corrected chi connectivity index (χ3v) is 5.22. The van der Waals surface area contributed by atoms with Crippen LogP contribution in [0, 0.1) is 12.7 Å². The van der Waals surface area contributed by atoms with Gasteiger partial charge in [0.2, 0.25) is 11.8 Å². The van der Waals surface area contributed by atoms with Gasteiger partial charge in [-0.25, -0.2) is 4.39 Å². The standard InChI is InChI=1S/C27H24FN3O3/c1-4-24(33)29-22-12-8-19(9-13-22)25-26(20-7-5-6-17(2)16-20)30-31(27(25)34-18(3)32)23-14-10-21(28)11-15-23/h5-16H,4H2,1-3H3,(H,29,33). The van der Waals surface area contributed by atoms with Gasteiger partial charge >= 0.3 is 5.97 Å². The lowest BCUT2D eigenvalue weighted by Crippen LogP contribution is -2.09. The maximum atomic E-state index is 13.6. The van der Waals surface area contributed by atoms with Gasteiger partial charge in [0.05, 0.1) is 11.3 Å². The zero-order chi connectivity index (χ0) is 24.2. The lowest BCUT2D eigenvalue weighted by Gasteiger charge is -2.10. The maximum Gasteiger partial charge on any atom is 0.309 e. The highest BCUT2D eigenvalue weighted by Crippen LogP contribution is 2.41. The molecule has 0 aliphatic heterocycles. The molecule has 6 nitrogen and oxygen atoms in total. The molecule has 0 unspecified atom stereocenters. The minimum atomic E-state index is -0.507. The van der Waals surface area contributed by atoms with E-state index >= 15 is 0 Å². The first-order valence-corrected chi connectivity index (χ1v) is 10.9. The minimum Gasteiger partial charge on any atom is -0.407 e. The summed E-state index contributed by atoms with van der Waals surface area (Å²) < 4.78 is 20.7. The summed E-state index contributed by atoms with van der Waals surface area (Å²) in [5.41, 5.74) is 5.06. The number of esters is 1. The van der Waals surface area contributed by atoms with E-state index in [0.29, 0.717) is 29.1 Å². The summed E-state index contributed by atoms with van der Waals surface area (Å²) in [6.45, 7) is 5.09. The van der Waals surface area contributed by atoms with Crippen molar-refractivity contribution in [2.75, 3.05) is 5.32 Å². The number of ether oxygens (including phenoxy) is 1. The first-order chi connectivity index (χ1) is 16.4. The van der Waals surface area contributed by atoms with Gasteiger partial charge in [0, 0.05) is 24.6 Å². The Balaban J connectivity index is 1.94. The second-order valence-corrected chi connectivity index (χ2v) is 7.86. The lowest BCUT2D eigenvalue weighted by molar-refractivity contribution is -0.132. The van der Waals surface area contributed by atoms with Crippen molar-refractivity contribution in [3.05, 3.63) is 84.2 Å². The van der Waals surface area contributed by atoms with Gasteiger partial charge in [-0.1, -0.05) is 42.8 Å². The van der Waals surface area contributed by atoms with Crippen LogP contribution in [-0.2, 0) is 9.59 Å². The van der Waals surface area contributed by atoms with Crippen LogP contribution < -0.4 is 10.1 Å². The van der Waals surface area contributed by atoms with Crippen molar-refractivity contribution in [2.24, 2.45) is 0 Å². The Labute approximate surface area is 197 Å². The van der Waals surface area contributed by atoms with Crippen molar-refractivity contribution in [3.8, 4) is 34.0 Å². The van der Waals surface area contributed by atoms with Crippen LogP contribution in [-0.4, -0.2) is 21.7 Å². The number of carbonyl (C=O) groups is 2. The average Bonchev–Trinajstić information content (AvgIpc) is 3.18. The molecule has 0 saturated carbocycles. The van der Waals surface area contributed by atoms with Crippen molar-refractivity contribution in [1.82, 2.24) is 9.78 Å². The fourth-order valence-electron chi connectivity index (χ4n) is 3.61. The van der Waals surface area contributed by atoms with E-state index in [-0.39, 0.29) is 17.6 Å². The molecule has 0 radical (unpaired) electrons. The smallest absolute Gasteiger partial charge is 0.309 e. The molecule has 172 valence electrons. The summed E-state index contributed by atoms with van der Waals surface area (Å²) in [5, 5.41) is 7.61. The van der Waals surface area contributed by atoms with Gasteiger partial charge in [0.1, 0.15) is 11.5 Å². The molecule has 1 aromatic heterocycles. The molecule has 0 bridgehead atoms. The first kappa shape index (κ1) is 22.9. The molecule has 34 heavy (non-hydrogen) atoms. The molecule has 0 aliphatic carbocycles. The molecule has 0 fully saturated rings. The van der Waals surface area contributed by atoms with Crippen molar-refractivity contribution < 1.29 is 18.7 Å². The van der Waals surface area contributed by atoms with Gasteiger partial charge in [-0.3, -0.25) is 9.59 Å². The highest BCUT2D eigenvalue weighted by Gasteiger charge is 2.24. The Kier molecular flexibility index (Phi) is 6.54. The van der Waals surface area contributed by atoms with Crippen LogP contribution in [0.15, 0.2) is 72.8 Å². The van der Waals surface area contributed by atoms with Gasteiger partial charge in [-0.05, 0) is 55.0 Å². The molecule has 7 heteroatoms. The summed E-state index contributed by atoms with van der Waals surface area (Å²) >= 11 is 0. The highest BCUT2D eigenvalue weighted by atomic mass is 19.1. The predicted octanol–water partition coefficient (Wildman–Crippen LogP) is 5.93. The van der Waals surface area contributed by atoms with E-state index in [1.54, 1.807) is 31.2 Å². The number of anilines is 1. The predicted molar refractivity (Wildman–Crippen MR) is 129 cm³/mol. The van der Waals surface area contributed by atoms with Crippen LogP contribution in [0.25, 0.3) is 28.1 Å². The number of amides is 1. The Morgan fingerprint density at radius 1 is 1.00 bits per heavy atom. The summed E-state index contributed by atoms with van der Waals surface area (Å²) in [4.78, 5) is 23.8. The number of aromatic nitrogens is 2. The highest BCUT2D eigenvalue weighted by molar-refractivity contribution is 5.92. The fraction of sp³-hybridized carbons (Fsp3) is 0.148. The zero-order valence-electron chi connectivity index (χ0n) is 19.1. The Morgan fingerprint density at radius 3 is 2.32 bits per heavy atom. The van der Waals surface area contributed by atoms with Crippen molar-refractivity contribution in [2.45, 2.75) is 27.2 Å². The van der Waals surface area contributed by atoms with Crippen molar-refractivity contribution in [1.29, 1.82) is 0 Å². The number of aryl methyl sites for hydroxylation is 1. The van der Waals surface area contributed by atoms with Gasteiger partial charge in [-0.2, -0.15) is 9.78 Å². The number of carbonyl (C=O) groups excluding carboxylic acids is 2. The topological polar surface area (TPSA) is 73.2 Å². The second-order valence-electron chi connectivity index (χ2n) is 7.86. The van der Waals surface area contributed by atoms with Gasteiger partial charge in [-0.15, -0.1) is 0 Å². The van der Waals surface area contributed by atoms with Crippen LogP contribution >= 0.6 is 0 Å². The van der Waals surface area contributed by atoms with E-state index in [2.05, 4.69) is 5.32 Å². The van der Waals surface area contributed by atoms with Crippen LogP contribution in [0.2, 0.25) is 0 Å². The monoisotopic (exact) mass is 457 g/mol. The normalized spacial score (nSPS) is 10.7. The number of nitrogens with one attached hydrogen (secondary N) is 1. The zero-order valence-corrected chi connectivity index (χ0v) is 19.1. The number of hydrogen-bond acceptors (Lipinski definition) is 4. The average molecular weight is 458 g/mol. The SMILES string of the molecule is CCC(=O)Nc1ccc(-c2c(-c3cccc(C)c3)nn(-c3ccc(F)cc3)c2OC(C)=O)cc1. The number of halogens is 1. The van der Waals surface area contributed by atoms with E-state index in [4.69, 9.17) is 9.84 Å². The fourth-order valence-corrected chi connectivity index (χ4v) is 3.61. The summed E-state index contributed by atoms with van der Waals surface area (Å²) in [7, 11) is 0. The van der Waals surface area contributed by atoms with Crippen molar-refractivity contribution >= 4 is 17.6 Å². The molecule has 1 amide bonds. The summed E-state index contributed by atoms with van der Waals surface area (Å²) in [6, 6.07) is 20.9. The number of rotatable bonds is 6. The molecule has 0 atom stereocenters. The number of benzene rings is 3. The van der Waals surface area contributed by atoms with Crippen LogP contribution in [0.3, 0.4) is 0 Å². The lowest BCUT2D eigenvalue weighted by atomic mass is 10.00. The summed E-state index contributed by atoms with van der Waals surface area (Å²) in [6.07, 6.45) is 0.375. The molecular formula is C27H24FN3O3.